The van der Waals surface area contributed by atoms with Gasteiger partial charge in [-0.2, -0.15) is 4.99 Å². The molecule has 1 fully saturated rings. The van der Waals surface area contributed by atoms with Gasteiger partial charge < -0.3 is 0 Å². The molecule has 1 aromatic heterocycles. The minimum Gasteiger partial charge on any atom is -0.248 e. The summed E-state index contributed by atoms with van der Waals surface area (Å²) in [5.74, 6) is 0. The van der Waals surface area contributed by atoms with E-state index < -0.39 is 0 Å². The molecule has 1 heterocycles. The summed E-state index contributed by atoms with van der Waals surface area (Å²) in [7, 11) is 1.86. The van der Waals surface area contributed by atoms with Crippen molar-refractivity contribution in [2.24, 2.45) is 12.0 Å². The van der Waals surface area contributed by atoms with Crippen LogP contribution in [0, 0.1) is 0 Å². The van der Waals surface area contributed by atoms with Crippen molar-refractivity contribution in [2.45, 2.75) is 31.2 Å². The number of aryl methyl sites for hydroxylation is 1. The van der Waals surface area contributed by atoms with Gasteiger partial charge in [0.1, 0.15) is 5.52 Å². The van der Waals surface area contributed by atoms with Crippen LogP contribution in [-0.4, -0.2) is 21.1 Å². The maximum atomic E-state index is 10.7. The first-order valence-electron chi connectivity index (χ1n) is 6.14. The largest absolute Gasteiger partial charge is 0.248 e. The second kappa shape index (κ2) is 4.03. The predicted molar refractivity (Wildman–Crippen MR) is 66.8 cm³/mol. The highest BCUT2D eigenvalue weighted by atomic mass is 16.1. The fourth-order valence-corrected chi connectivity index (χ4v) is 2.83. The molecule has 0 radical (unpaired) electrons. The van der Waals surface area contributed by atoms with Crippen molar-refractivity contribution in [3.05, 3.63) is 23.8 Å². The summed E-state index contributed by atoms with van der Waals surface area (Å²) in [6, 6.07) is 5.99. The fraction of sp³-hybridized carbons (Fsp3) is 0.462. The van der Waals surface area contributed by atoms with Crippen LogP contribution in [-0.2, 0) is 17.4 Å². The molecule has 1 aliphatic carbocycles. The van der Waals surface area contributed by atoms with Gasteiger partial charge in [0.05, 0.1) is 11.1 Å². The van der Waals surface area contributed by atoms with E-state index in [0.717, 1.165) is 42.3 Å². The Labute approximate surface area is 105 Å². The van der Waals surface area contributed by atoms with E-state index in [1.807, 2.05) is 25.2 Å². The third kappa shape index (κ3) is 1.56. The van der Waals surface area contributed by atoms with Gasteiger partial charge in [-0.05, 0) is 30.5 Å². The molecular formula is C13H14N4O. The molecule has 92 valence electrons. The molecule has 0 N–H and O–H groups in total. The SMILES string of the molecule is Cn1nnc2ccc(C3(N=C=O)CCCC3)cc21. The summed E-state index contributed by atoms with van der Waals surface area (Å²) in [4.78, 5) is 14.8. The molecule has 0 amide bonds. The molecule has 0 saturated heterocycles. The second-order valence-electron chi connectivity index (χ2n) is 4.86. The number of hydrogen-bond acceptors (Lipinski definition) is 4. The zero-order chi connectivity index (χ0) is 12.6. The topological polar surface area (TPSA) is 60.1 Å². The van der Waals surface area contributed by atoms with Crippen LogP contribution >= 0.6 is 0 Å². The predicted octanol–water partition coefficient (Wildman–Crippen LogP) is 2.07. The highest BCUT2D eigenvalue weighted by molar-refractivity contribution is 5.75. The van der Waals surface area contributed by atoms with Crippen molar-refractivity contribution in [1.82, 2.24) is 15.0 Å². The molecule has 5 nitrogen and oxygen atoms in total. The number of fused-ring (bicyclic) bond motifs is 1. The normalized spacial score (nSPS) is 17.8. The third-order valence-corrected chi connectivity index (χ3v) is 3.84. The fourth-order valence-electron chi connectivity index (χ4n) is 2.83. The van der Waals surface area contributed by atoms with Gasteiger partial charge in [0.25, 0.3) is 0 Å². The molecule has 0 atom stereocenters. The highest BCUT2D eigenvalue weighted by Crippen LogP contribution is 2.42. The van der Waals surface area contributed by atoms with Gasteiger partial charge in [0.2, 0.25) is 6.08 Å². The molecule has 5 heteroatoms. The number of nitrogens with zero attached hydrogens (tertiary/aromatic N) is 4. The van der Waals surface area contributed by atoms with Gasteiger partial charge >= 0.3 is 0 Å². The van der Waals surface area contributed by atoms with Crippen LogP contribution in [0.15, 0.2) is 23.2 Å². The maximum Gasteiger partial charge on any atom is 0.235 e. The smallest absolute Gasteiger partial charge is 0.235 e. The van der Waals surface area contributed by atoms with Crippen LogP contribution < -0.4 is 0 Å². The number of carbonyl (C=O) groups excluding carboxylic acids is 1. The summed E-state index contributed by atoms with van der Waals surface area (Å²) >= 11 is 0. The molecule has 0 unspecified atom stereocenters. The van der Waals surface area contributed by atoms with E-state index in [4.69, 9.17) is 0 Å². The number of hydrogen-bond donors (Lipinski definition) is 0. The second-order valence-corrected chi connectivity index (χ2v) is 4.86. The lowest BCUT2D eigenvalue weighted by atomic mass is 9.89. The van der Waals surface area contributed by atoms with Crippen LogP contribution in [0.1, 0.15) is 31.2 Å². The summed E-state index contributed by atoms with van der Waals surface area (Å²) in [6.07, 6.45) is 5.78. The summed E-state index contributed by atoms with van der Waals surface area (Å²) < 4.78 is 1.74. The zero-order valence-corrected chi connectivity index (χ0v) is 10.3. The zero-order valence-electron chi connectivity index (χ0n) is 10.3. The first-order valence-corrected chi connectivity index (χ1v) is 6.14. The maximum absolute atomic E-state index is 10.7. The first-order chi connectivity index (χ1) is 8.75. The van der Waals surface area contributed by atoms with Crippen LogP contribution in [0.3, 0.4) is 0 Å². The number of aliphatic imine (C=N–C) groups is 1. The Bertz CT molecular complexity index is 633. The lowest BCUT2D eigenvalue weighted by Crippen LogP contribution is -2.18. The van der Waals surface area contributed by atoms with Crippen LogP contribution in [0.2, 0.25) is 0 Å². The minimum atomic E-state index is -0.375. The lowest BCUT2D eigenvalue weighted by molar-refractivity contribution is 0.456. The van der Waals surface area contributed by atoms with Gasteiger partial charge in [0.15, 0.2) is 0 Å². The van der Waals surface area contributed by atoms with Gasteiger partial charge in [-0.3, -0.25) is 0 Å². The minimum absolute atomic E-state index is 0.375. The Hall–Kier alpha value is -2.00. The number of benzene rings is 1. The summed E-state index contributed by atoms with van der Waals surface area (Å²) in [5, 5.41) is 8.05. The van der Waals surface area contributed by atoms with E-state index in [0.29, 0.717) is 0 Å². The molecule has 2 aromatic rings. The Kier molecular flexibility index (Phi) is 2.49. The molecule has 1 aliphatic rings. The Morgan fingerprint density at radius 1 is 1.39 bits per heavy atom. The molecule has 1 aromatic carbocycles. The van der Waals surface area contributed by atoms with Gasteiger partial charge in [-0.25, -0.2) is 9.48 Å². The van der Waals surface area contributed by atoms with E-state index in [-0.39, 0.29) is 5.54 Å². The quantitative estimate of drug-likeness (QED) is 0.598. The highest BCUT2D eigenvalue weighted by Gasteiger charge is 2.35. The Morgan fingerprint density at radius 3 is 2.89 bits per heavy atom. The monoisotopic (exact) mass is 242 g/mol. The van der Waals surface area contributed by atoms with Crippen molar-refractivity contribution in [1.29, 1.82) is 0 Å². The van der Waals surface area contributed by atoms with E-state index in [1.165, 1.54) is 0 Å². The number of aromatic nitrogens is 3. The molecule has 0 spiro atoms. The standard InChI is InChI=1S/C13H14N4O/c1-17-12-8-10(4-5-11(12)15-16-17)13(14-9-18)6-2-3-7-13/h4-5,8H,2-3,6-7H2,1H3. The molecule has 1 saturated carbocycles. The van der Waals surface area contributed by atoms with Gasteiger partial charge in [-0.15, -0.1) is 5.10 Å². The Morgan fingerprint density at radius 2 is 2.17 bits per heavy atom. The molecule has 18 heavy (non-hydrogen) atoms. The van der Waals surface area contributed by atoms with Crippen LogP contribution in [0.5, 0.6) is 0 Å². The Balaban J connectivity index is 2.17. The molecular weight excluding hydrogens is 228 g/mol. The first kappa shape index (κ1) is 11.1. The van der Waals surface area contributed by atoms with E-state index in [9.17, 15) is 4.79 Å². The van der Waals surface area contributed by atoms with Gasteiger partial charge in [0, 0.05) is 7.05 Å². The van der Waals surface area contributed by atoms with Crippen molar-refractivity contribution in [3.8, 4) is 0 Å². The lowest BCUT2D eigenvalue weighted by Gasteiger charge is -2.22. The van der Waals surface area contributed by atoms with Gasteiger partial charge in [-0.1, -0.05) is 24.1 Å². The van der Waals surface area contributed by atoms with E-state index in [1.54, 1.807) is 10.8 Å². The third-order valence-electron chi connectivity index (χ3n) is 3.84. The van der Waals surface area contributed by atoms with Crippen LogP contribution in [0.4, 0.5) is 0 Å². The van der Waals surface area contributed by atoms with Crippen molar-refractivity contribution >= 4 is 17.1 Å². The summed E-state index contributed by atoms with van der Waals surface area (Å²) in [5.41, 5.74) is 2.53. The van der Waals surface area contributed by atoms with E-state index >= 15 is 0 Å². The van der Waals surface area contributed by atoms with Crippen molar-refractivity contribution in [2.75, 3.05) is 0 Å². The molecule has 3 rings (SSSR count). The summed E-state index contributed by atoms with van der Waals surface area (Å²) in [6.45, 7) is 0. The number of isocyanates is 1. The molecule has 0 bridgehead atoms. The average Bonchev–Trinajstić information content (AvgIpc) is 2.98. The van der Waals surface area contributed by atoms with E-state index in [2.05, 4.69) is 15.3 Å². The van der Waals surface area contributed by atoms with Crippen molar-refractivity contribution in [3.63, 3.8) is 0 Å². The molecule has 0 aliphatic heterocycles. The van der Waals surface area contributed by atoms with Crippen LogP contribution in [0.25, 0.3) is 11.0 Å². The average molecular weight is 242 g/mol. The number of rotatable bonds is 2. The van der Waals surface area contributed by atoms with Crippen molar-refractivity contribution < 1.29 is 4.79 Å².